The second-order valence-electron chi connectivity index (χ2n) is 4.56. The molecule has 4 heteroatoms. The van der Waals surface area contributed by atoms with E-state index < -0.39 is 0 Å². The predicted octanol–water partition coefficient (Wildman–Crippen LogP) is 3.43. The molecule has 1 aromatic carbocycles. The van der Waals surface area contributed by atoms with Crippen molar-refractivity contribution in [1.82, 2.24) is 5.32 Å². The first-order valence-corrected chi connectivity index (χ1v) is 7.04. The minimum atomic E-state index is 0. The van der Waals surface area contributed by atoms with Crippen LogP contribution in [0, 0.1) is 16.4 Å². The molecule has 2 N–H and O–H groups in total. The van der Waals surface area contributed by atoms with Gasteiger partial charge in [0.05, 0.1) is 0 Å². The molecule has 0 bridgehead atoms. The van der Waals surface area contributed by atoms with Crippen molar-refractivity contribution in [2.45, 2.75) is 19.8 Å². The highest BCUT2D eigenvalue weighted by molar-refractivity contribution is 14.1. The number of halogens is 2. The summed E-state index contributed by atoms with van der Waals surface area (Å²) in [5.74, 6) is 0.785. The van der Waals surface area contributed by atoms with Gasteiger partial charge in [0.1, 0.15) is 0 Å². The summed E-state index contributed by atoms with van der Waals surface area (Å²) in [6, 6.07) is 6.59. The standard InChI is InChI=1S/C13H19IN2.ClH/c1-10-4-5-12(7-13(10)14)16-9-11-3-2-6-15-8-11;/h4-5,7,11,15-16H,2-3,6,8-9H2,1H3;1H. The number of hydrogen-bond donors (Lipinski definition) is 2. The number of nitrogens with one attached hydrogen (secondary N) is 2. The molecular formula is C13H20ClIN2. The lowest BCUT2D eigenvalue weighted by molar-refractivity contribution is 0.393. The molecule has 0 aliphatic carbocycles. The molecule has 17 heavy (non-hydrogen) atoms. The Morgan fingerprint density at radius 1 is 1.47 bits per heavy atom. The lowest BCUT2D eigenvalue weighted by Crippen LogP contribution is -2.33. The van der Waals surface area contributed by atoms with Gasteiger partial charge in [-0.1, -0.05) is 6.07 Å². The lowest BCUT2D eigenvalue weighted by atomic mass is 10.00. The smallest absolute Gasteiger partial charge is 0.0351 e. The second kappa shape index (κ2) is 7.44. The SMILES string of the molecule is Cc1ccc(NCC2CCCNC2)cc1I.Cl. The molecule has 0 radical (unpaired) electrons. The van der Waals surface area contributed by atoms with Gasteiger partial charge in [0.25, 0.3) is 0 Å². The molecule has 0 saturated carbocycles. The van der Waals surface area contributed by atoms with Crippen molar-refractivity contribution in [1.29, 1.82) is 0 Å². The van der Waals surface area contributed by atoms with E-state index in [0.29, 0.717) is 0 Å². The molecule has 0 amide bonds. The fourth-order valence-corrected chi connectivity index (χ4v) is 2.58. The normalized spacial score (nSPS) is 19.5. The van der Waals surface area contributed by atoms with Crippen LogP contribution in [0.1, 0.15) is 18.4 Å². The molecule has 1 fully saturated rings. The zero-order chi connectivity index (χ0) is 11.4. The van der Waals surface area contributed by atoms with Gasteiger partial charge in [0.2, 0.25) is 0 Å². The molecule has 1 heterocycles. The van der Waals surface area contributed by atoms with Gasteiger partial charge in [-0.15, -0.1) is 12.4 Å². The first-order chi connectivity index (χ1) is 7.75. The first kappa shape index (κ1) is 15.1. The summed E-state index contributed by atoms with van der Waals surface area (Å²) in [4.78, 5) is 0. The Morgan fingerprint density at radius 2 is 2.29 bits per heavy atom. The Kier molecular flexibility index (Phi) is 6.59. The Morgan fingerprint density at radius 3 is 2.94 bits per heavy atom. The van der Waals surface area contributed by atoms with E-state index in [2.05, 4.69) is 58.3 Å². The predicted molar refractivity (Wildman–Crippen MR) is 85.2 cm³/mol. The maximum absolute atomic E-state index is 3.54. The van der Waals surface area contributed by atoms with Gasteiger partial charge >= 0.3 is 0 Å². The average molecular weight is 367 g/mol. The van der Waals surface area contributed by atoms with Gasteiger partial charge in [0.15, 0.2) is 0 Å². The number of benzene rings is 1. The summed E-state index contributed by atoms with van der Waals surface area (Å²) >= 11 is 2.39. The first-order valence-electron chi connectivity index (χ1n) is 5.96. The van der Waals surface area contributed by atoms with Crippen molar-refractivity contribution < 1.29 is 0 Å². The minimum Gasteiger partial charge on any atom is -0.385 e. The summed E-state index contributed by atoms with van der Waals surface area (Å²) in [7, 11) is 0. The third-order valence-electron chi connectivity index (χ3n) is 3.17. The Bertz CT molecular complexity index is 351. The van der Waals surface area contributed by atoms with Gasteiger partial charge < -0.3 is 10.6 Å². The molecule has 96 valence electrons. The highest BCUT2D eigenvalue weighted by atomic mass is 127. The van der Waals surface area contributed by atoms with Gasteiger partial charge in [-0.2, -0.15) is 0 Å². The minimum absolute atomic E-state index is 0. The molecule has 1 aliphatic heterocycles. The summed E-state index contributed by atoms with van der Waals surface area (Å²) < 4.78 is 1.34. The van der Waals surface area contributed by atoms with Crippen LogP contribution in [0.3, 0.4) is 0 Å². The van der Waals surface area contributed by atoms with Crippen LogP contribution in [0.15, 0.2) is 18.2 Å². The number of piperidine rings is 1. The van der Waals surface area contributed by atoms with Crippen molar-refractivity contribution in [2.75, 3.05) is 25.0 Å². The number of hydrogen-bond acceptors (Lipinski definition) is 2. The van der Waals surface area contributed by atoms with Crippen molar-refractivity contribution in [3.05, 3.63) is 27.3 Å². The topological polar surface area (TPSA) is 24.1 Å². The maximum Gasteiger partial charge on any atom is 0.0351 e. The Hall–Kier alpha value is -0.0000000000000000555. The second-order valence-corrected chi connectivity index (χ2v) is 5.72. The molecule has 1 unspecified atom stereocenters. The quantitative estimate of drug-likeness (QED) is 0.801. The zero-order valence-corrected chi connectivity index (χ0v) is 13.1. The molecule has 1 aromatic rings. The summed E-state index contributed by atoms with van der Waals surface area (Å²) in [6.07, 6.45) is 2.67. The van der Waals surface area contributed by atoms with Crippen LogP contribution in [-0.2, 0) is 0 Å². The molecule has 2 rings (SSSR count). The van der Waals surface area contributed by atoms with Crippen molar-refractivity contribution in [3.63, 3.8) is 0 Å². The van der Waals surface area contributed by atoms with E-state index in [1.807, 2.05) is 0 Å². The van der Waals surface area contributed by atoms with Crippen LogP contribution in [-0.4, -0.2) is 19.6 Å². The van der Waals surface area contributed by atoms with Crippen LogP contribution >= 0.6 is 35.0 Å². The maximum atomic E-state index is 3.54. The molecular weight excluding hydrogens is 347 g/mol. The Balaban J connectivity index is 0.00000144. The summed E-state index contributed by atoms with van der Waals surface area (Å²) in [5, 5.41) is 6.99. The Labute approximate surface area is 123 Å². The molecule has 2 nitrogen and oxygen atoms in total. The van der Waals surface area contributed by atoms with E-state index in [9.17, 15) is 0 Å². The van der Waals surface area contributed by atoms with Crippen LogP contribution in [0.25, 0.3) is 0 Å². The van der Waals surface area contributed by atoms with E-state index in [1.54, 1.807) is 0 Å². The fourth-order valence-electron chi connectivity index (χ4n) is 2.06. The summed E-state index contributed by atoms with van der Waals surface area (Å²) in [6.45, 7) is 5.59. The fraction of sp³-hybridized carbons (Fsp3) is 0.538. The highest BCUT2D eigenvalue weighted by Gasteiger charge is 2.12. The molecule has 1 aliphatic rings. The van der Waals surface area contributed by atoms with Gasteiger partial charge in [-0.3, -0.25) is 0 Å². The van der Waals surface area contributed by atoms with Crippen LogP contribution in [0.4, 0.5) is 5.69 Å². The number of anilines is 1. The molecule has 1 saturated heterocycles. The van der Waals surface area contributed by atoms with E-state index in [1.165, 1.54) is 34.2 Å². The largest absolute Gasteiger partial charge is 0.385 e. The van der Waals surface area contributed by atoms with E-state index in [0.717, 1.165) is 19.0 Å². The average Bonchev–Trinajstić information content (AvgIpc) is 2.32. The lowest BCUT2D eigenvalue weighted by Gasteiger charge is -2.23. The van der Waals surface area contributed by atoms with Crippen molar-refractivity contribution in [2.24, 2.45) is 5.92 Å². The third-order valence-corrected chi connectivity index (χ3v) is 4.33. The monoisotopic (exact) mass is 366 g/mol. The zero-order valence-electron chi connectivity index (χ0n) is 10.1. The van der Waals surface area contributed by atoms with Crippen LogP contribution < -0.4 is 10.6 Å². The summed E-state index contributed by atoms with van der Waals surface area (Å²) in [5.41, 5.74) is 2.60. The third kappa shape index (κ3) is 4.64. The van der Waals surface area contributed by atoms with E-state index >= 15 is 0 Å². The van der Waals surface area contributed by atoms with Gasteiger partial charge in [0, 0.05) is 15.8 Å². The number of aryl methyl sites for hydroxylation is 1. The van der Waals surface area contributed by atoms with E-state index in [4.69, 9.17) is 0 Å². The molecule has 1 atom stereocenters. The van der Waals surface area contributed by atoms with Crippen molar-refractivity contribution in [3.8, 4) is 0 Å². The van der Waals surface area contributed by atoms with Gasteiger partial charge in [-0.05, 0) is 79.1 Å². The molecule has 0 aromatic heterocycles. The highest BCUT2D eigenvalue weighted by Crippen LogP contribution is 2.18. The van der Waals surface area contributed by atoms with E-state index in [-0.39, 0.29) is 12.4 Å². The number of rotatable bonds is 3. The molecule has 0 spiro atoms. The van der Waals surface area contributed by atoms with Gasteiger partial charge in [-0.25, -0.2) is 0 Å². The van der Waals surface area contributed by atoms with Crippen LogP contribution in [0.5, 0.6) is 0 Å². The van der Waals surface area contributed by atoms with Crippen LogP contribution in [0.2, 0.25) is 0 Å². The van der Waals surface area contributed by atoms with Crippen molar-refractivity contribution >= 4 is 40.7 Å².